The van der Waals surface area contributed by atoms with E-state index in [1.165, 1.54) is 12.1 Å². The van der Waals surface area contributed by atoms with Gasteiger partial charge in [-0.2, -0.15) is 0 Å². The average molecular weight is 352 g/mol. The van der Waals surface area contributed by atoms with E-state index in [-0.39, 0.29) is 35.2 Å². The largest absolute Gasteiger partial charge is 0.508 e. The van der Waals surface area contributed by atoms with Crippen LogP contribution in [0, 0.1) is 5.92 Å². The molecule has 7 heteroatoms. The van der Waals surface area contributed by atoms with Crippen LogP contribution in [0.25, 0.3) is 0 Å². The first-order valence-electron chi connectivity index (χ1n) is 8.31. The molecule has 0 saturated carbocycles. The Morgan fingerprint density at radius 1 is 1.25 bits per heavy atom. The maximum Gasteiger partial charge on any atom is 0.254 e. The van der Waals surface area contributed by atoms with E-state index in [2.05, 4.69) is 18.7 Å². The summed E-state index contributed by atoms with van der Waals surface area (Å²) in [6.07, 6.45) is 0. The number of fused-ring (bicyclic) bond motifs is 1. The molecule has 6 nitrogen and oxygen atoms in total. The number of nitrogens with zero attached hydrogens (tertiary/aromatic N) is 2. The van der Waals surface area contributed by atoms with Crippen LogP contribution in [-0.4, -0.2) is 72.5 Å². The van der Waals surface area contributed by atoms with Crippen molar-refractivity contribution >= 4 is 15.7 Å². The molecule has 2 fully saturated rings. The van der Waals surface area contributed by atoms with E-state index in [1.807, 2.05) is 0 Å². The van der Waals surface area contributed by atoms with Crippen molar-refractivity contribution < 1.29 is 18.3 Å². The third-order valence-corrected chi connectivity index (χ3v) is 6.44. The molecule has 2 atom stereocenters. The zero-order valence-corrected chi connectivity index (χ0v) is 14.9. The summed E-state index contributed by atoms with van der Waals surface area (Å²) < 4.78 is 24.4. The van der Waals surface area contributed by atoms with Crippen molar-refractivity contribution in [1.82, 2.24) is 9.80 Å². The molecule has 0 aromatic heterocycles. The van der Waals surface area contributed by atoms with Crippen molar-refractivity contribution in [2.45, 2.75) is 25.9 Å². The molecule has 1 aromatic rings. The molecule has 0 unspecified atom stereocenters. The van der Waals surface area contributed by atoms with Crippen molar-refractivity contribution in [3.8, 4) is 5.75 Å². The van der Waals surface area contributed by atoms with Crippen LogP contribution >= 0.6 is 0 Å². The number of rotatable bonds is 3. The van der Waals surface area contributed by atoms with Gasteiger partial charge in [0.2, 0.25) is 0 Å². The van der Waals surface area contributed by atoms with Crippen molar-refractivity contribution in [3.63, 3.8) is 0 Å². The normalized spacial score (nSPS) is 26.5. The molecule has 1 N–H and O–H groups in total. The fourth-order valence-corrected chi connectivity index (χ4v) is 5.79. The van der Waals surface area contributed by atoms with Crippen LogP contribution in [0.2, 0.25) is 0 Å². The minimum absolute atomic E-state index is 0.0246. The van der Waals surface area contributed by atoms with Gasteiger partial charge < -0.3 is 10.0 Å². The zero-order chi connectivity index (χ0) is 17.5. The number of phenols is 1. The molecule has 0 spiro atoms. The van der Waals surface area contributed by atoms with Gasteiger partial charge in [0.05, 0.1) is 17.5 Å². The number of benzene rings is 1. The summed E-state index contributed by atoms with van der Waals surface area (Å²) in [5.74, 6) is 0.421. The van der Waals surface area contributed by atoms with Crippen LogP contribution < -0.4 is 0 Å². The molecule has 2 heterocycles. The highest BCUT2D eigenvalue weighted by atomic mass is 32.2. The Morgan fingerprint density at radius 2 is 1.96 bits per heavy atom. The van der Waals surface area contributed by atoms with E-state index < -0.39 is 9.84 Å². The SMILES string of the molecule is CC(C)CN1CCN(C(=O)c2cccc(O)c2)[C@H]2CS(=O)(=O)C[C@H]21. The summed E-state index contributed by atoms with van der Waals surface area (Å²) in [5, 5.41) is 9.60. The van der Waals surface area contributed by atoms with Gasteiger partial charge in [0.15, 0.2) is 9.84 Å². The highest BCUT2D eigenvalue weighted by Crippen LogP contribution is 2.29. The van der Waals surface area contributed by atoms with Gasteiger partial charge in [-0.15, -0.1) is 0 Å². The average Bonchev–Trinajstić information content (AvgIpc) is 2.82. The fraction of sp³-hybridized carbons (Fsp3) is 0.588. The Balaban J connectivity index is 1.87. The molecule has 1 amide bonds. The van der Waals surface area contributed by atoms with Crippen molar-refractivity contribution in [3.05, 3.63) is 29.8 Å². The number of carbonyl (C=O) groups excluding carboxylic acids is 1. The van der Waals surface area contributed by atoms with E-state index in [9.17, 15) is 18.3 Å². The first-order chi connectivity index (χ1) is 11.3. The van der Waals surface area contributed by atoms with Crippen molar-refractivity contribution in [1.29, 1.82) is 0 Å². The van der Waals surface area contributed by atoms with E-state index >= 15 is 0 Å². The highest BCUT2D eigenvalue weighted by Gasteiger charge is 2.48. The van der Waals surface area contributed by atoms with Crippen LogP contribution in [0.5, 0.6) is 5.75 Å². The maximum atomic E-state index is 12.8. The van der Waals surface area contributed by atoms with Crippen LogP contribution in [0.4, 0.5) is 0 Å². The van der Waals surface area contributed by atoms with Gasteiger partial charge in [-0.1, -0.05) is 19.9 Å². The molecule has 2 aliphatic rings. The highest BCUT2D eigenvalue weighted by molar-refractivity contribution is 7.91. The van der Waals surface area contributed by atoms with E-state index in [0.717, 1.165) is 6.54 Å². The van der Waals surface area contributed by atoms with Gasteiger partial charge >= 0.3 is 0 Å². The molecule has 24 heavy (non-hydrogen) atoms. The lowest BCUT2D eigenvalue weighted by atomic mass is 10.0. The van der Waals surface area contributed by atoms with E-state index in [4.69, 9.17) is 0 Å². The van der Waals surface area contributed by atoms with Crippen LogP contribution in [0.3, 0.4) is 0 Å². The molecule has 0 radical (unpaired) electrons. The topological polar surface area (TPSA) is 77.9 Å². The number of hydrogen-bond donors (Lipinski definition) is 1. The van der Waals surface area contributed by atoms with Crippen LogP contribution in [-0.2, 0) is 9.84 Å². The summed E-state index contributed by atoms with van der Waals surface area (Å²) in [5.41, 5.74) is 0.398. The first-order valence-corrected chi connectivity index (χ1v) is 10.1. The van der Waals surface area contributed by atoms with Gasteiger partial charge in [-0.3, -0.25) is 9.69 Å². The fourth-order valence-electron chi connectivity index (χ4n) is 3.78. The van der Waals surface area contributed by atoms with Gasteiger partial charge in [-0.05, 0) is 24.1 Å². The molecule has 3 rings (SSSR count). The van der Waals surface area contributed by atoms with E-state index in [0.29, 0.717) is 24.6 Å². The monoisotopic (exact) mass is 352 g/mol. The second-order valence-electron chi connectivity index (χ2n) is 7.15. The van der Waals surface area contributed by atoms with Gasteiger partial charge in [-0.25, -0.2) is 8.42 Å². The summed E-state index contributed by atoms with van der Waals surface area (Å²) in [6, 6.07) is 5.79. The number of sulfone groups is 1. The lowest BCUT2D eigenvalue weighted by Crippen LogP contribution is -2.61. The second-order valence-corrected chi connectivity index (χ2v) is 9.30. The third kappa shape index (κ3) is 3.42. The standard InChI is InChI=1S/C17H24N2O4S/c1-12(2)9-18-6-7-19(16-11-24(22,23)10-15(16)18)17(21)13-4-3-5-14(20)8-13/h3-5,8,12,15-16,20H,6-7,9-11H2,1-2H3/t15-,16+/m1/s1. The van der Waals surface area contributed by atoms with Crippen LogP contribution in [0.15, 0.2) is 24.3 Å². The van der Waals surface area contributed by atoms with Gasteiger partial charge in [0, 0.05) is 31.2 Å². The molecular weight excluding hydrogens is 328 g/mol. The first kappa shape index (κ1) is 17.2. The number of phenolic OH excluding ortho intramolecular Hbond substituents is 1. The lowest BCUT2D eigenvalue weighted by molar-refractivity contribution is 0.0297. The Morgan fingerprint density at radius 3 is 2.62 bits per heavy atom. The number of amides is 1. The molecule has 0 bridgehead atoms. The van der Waals surface area contributed by atoms with Gasteiger partial charge in [0.25, 0.3) is 5.91 Å². The lowest BCUT2D eigenvalue weighted by Gasteiger charge is -2.44. The van der Waals surface area contributed by atoms with Crippen LogP contribution in [0.1, 0.15) is 24.2 Å². The van der Waals surface area contributed by atoms with Crippen molar-refractivity contribution in [2.24, 2.45) is 5.92 Å². The maximum absolute atomic E-state index is 12.8. The molecule has 1 aromatic carbocycles. The molecule has 2 aliphatic heterocycles. The minimum Gasteiger partial charge on any atom is -0.508 e. The molecular formula is C17H24N2O4S. The quantitative estimate of drug-likeness (QED) is 0.877. The summed E-state index contributed by atoms with van der Waals surface area (Å²) in [4.78, 5) is 16.7. The number of piperazine rings is 1. The predicted octanol–water partition coefficient (Wildman–Crippen LogP) is 0.972. The number of hydrogen-bond acceptors (Lipinski definition) is 5. The summed E-state index contributed by atoms with van der Waals surface area (Å²) >= 11 is 0. The third-order valence-electron chi connectivity index (χ3n) is 4.74. The molecule has 0 aliphatic carbocycles. The molecule has 2 saturated heterocycles. The van der Waals surface area contributed by atoms with Crippen molar-refractivity contribution in [2.75, 3.05) is 31.1 Å². The smallest absolute Gasteiger partial charge is 0.254 e. The summed E-state index contributed by atoms with van der Waals surface area (Å²) in [7, 11) is -3.14. The van der Waals surface area contributed by atoms with E-state index in [1.54, 1.807) is 17.0 Å². The Hall–Kier alpha value is -1.60. The Labute approximate surface area is 143 Å². The number of aromatic hydroxyl groups is 1. The zero-order valence-electron chi connectivity index (χ0n) is 14.1. The Kier molecular flexibility index (Phi) is 4.57. The second kappa shape index (κ2) is 6.37. The summed E-state index contributed by atoms with van der Waals surface area (Å²) in [6.45, 7) is 6.26. The predicted molar refractivity (Wildman–Crippen MR) is 91.8 cm³/mol. The van der Waals surface area contributed by atoms with Gasteiger partial charge in [0.1, 0.15) is 5.75 Å². The Bertz CT molecular complexity index is 732. The minimum atomic E-state index is -3.14. The number of carbonyl (C=O) groups is 1. The molecule has 132 valence electrons.